The van der Waals surface area contributed by atoms with E-state index in [-0.39, 0.29) is 5.82 Å². The van der Waals surface area contributed by atoms with Gasteiger partial charge >= 0.3 is 0 Å². The maximum Gasteiger partial charge on any atom is 0.128 e. The molecule has 0 bridgehead atoms. The summed E-state index contributed by atoms with van der Waals surface area (Å²) in [6.07, 6.45) is 5.38. The molecule has 5 nitrogen and oxygen atoms in total. The van der Waals surface area contributed by atoms with Gasteiger partial charge < -0.3 is 14.2 Å². The van der Waals surface area contributed by atoms with Gasteiger partial charge in [0.05, 0.1) is 35.4 Å². The first-order valence-electron chi connectivity index (χ1n) is 12.0. The molecule has 0 aliphatic carbocycles. The van der Waals surface area contributed by atoms with Crippen LogP contribution in [0.5, 0.6) is 0 Å². The molecule has 4 heterocycles. The first kappa shape index (κ1) is 22.3. The molecule has 0 saturated heterocycles. The summed E-state index contributed by atoms with van der Waals surface area (Å²) in [4.78, 5) is 7.31. The van der Waals surface area contributed by atoms with Crippen LogP contribution in [0.1, 0.15) is 55.9 Å². The average Bonchev–Trinajstić information content (AvgIpc) is 3.08. The molecular weight excluding hydrogens is 417 g/mol. The molecule has 0 saturated carbocycles. The highest BCUT2D eigenvalue weighted by Crippen LogP contribution is 2.38. The van der Waals surface area contributed by atoms with Crippen molar-refractivity contribution in [3.05, 3.63) is 58.7 Å². The van der Waals surface area contributed by atoms with Crippen molar-refractivity contribution in [1.29, 1.82) is 0 Å². The van der Waals surface area contributed by atoms with Crippen LogP contribution in [0, 0.1) is 12.7 Å². The van der Waals surface area contributed by atoms with E-state index in [9.17, 15) is 9.50 Å². The Labute approximate surface area is 193 Å². The highest BCUT2D eigenvalue weighted by Gasteiger charge is 2.32. The molecule has 33 heavy (non-hydrogen) atoms. The molecule has 3 aromatic heterocycles. The highest BCUT2D eigenvalue weighted by molar-refractivity contribution is 6.04. The van der Waals surface area contributed by atoms with E-state index in [1.807, 2.05) is 13.0 Å². The van der Waals surface area contributed by atoms with Crippen molar-refractivity contribution in [2.75, 3.05) is 19.7 Å². The van der Waals surface area contributed by atoms with E-state index in [0.717, 1.165) is 52.6 Å². The van der Waals surface area contributed by atoms with E-state index in [4.69, 9.17) is 9.72 Å². The number of halogens is 1. The molecule has 1 aromatic carbocycles. The zero-order chi connectivity index (χ0) is 23.3. The van der Waals surface area contributed by atoms with Crippen LogP contribution < -0.4 is 0 Å². The summed E-state index contributed by atoms with van der Waals surface area (Å²) in [6.45, 7) is 11.8. The lowest BCUT2D eigenvalue weighted by Gasteiger charge is -2.27. The second-order valence-corrected chi connectivity index (χ2v) is 9.25. The number of pyridine rings is 2. The van der Waals surface area contributed by atoms with Crippen molar-refractivity contribution in [3.63, 3.8) is 0 Å². The summed E-state index contributed by atoms with van der Waals surface area (Å²) in [6, 6.07) is 5.55. The maximum atomic E-state index is 14.5. The van der Waals surface area contributed by atoms with Gasteiger partial charge in [-0.25, -0.2) is 9.37 Å². The van der Waals surface area contributed by atoms with Crippen molar-refractivity contribution in [2.45, 2.75) is 59.3 Å². The number of aryl methyl sites for hydroxylation is 1. The largest absolute Gasteiger partial charge is 0.385 e. The fourth-order valence-electron chi connectivity index (χ4n) is 5.17. The van der Waals surface area contributed by atoms with E-state index in [1.54, 1.807) is 13.0 Å². The Kier molecular flexibility index (Phi) is 5.63. The lowest BCUT2D eigenvalue weighted by molar-refractivity contribution is 0.00232. The van der Waals surface area contributed by atoms with Crippen molar-refractivity contribution in [1.82, 2.24) is 14.3 Å². The van der Waals surface area contributed by atoms with Crippen molar-refractivity contribution in [2.24, 2.45) is 0 Å². The molecule has 0 spiro atoms. The van der Waals surface area contributed by atoms with E-state index in [2.05, 4.69) is 41.6 Å². The minimum atomic E-state index is -0.922. The van der Waals surface area contributed by atoms with Crippen LogP contribution in [0.15, 0.2) is 30.6 Å². The monoisotopic (exact) mass is 449 g/mol. The van der Waals surface area contributed by atoms with Gasteiger partial charge in [0.25, 0.3) is 0 Å². The lowest BCUT2D eigenvalue weighted by Crippen LogP contribution is -2.26. The first-order chi connectivity index (χ1) is 15.9. The Morgan fingerprint density at radius 1 is 1.15 bits per heavy atom. The Balaban J connectivity index is 1.85. The number of nitrogens with zero attached hydrogens (tertiary/aromatic N) is 3. The Morgan fingerprint density at radius 2 is 1.94 bits per heavy atom. The predicted octanol–water partition coefficient (Wildman–Crippen LogP) is 5.45. The van der Waals surface area contributed by atoms with Gasteiger partial charge in [-0.15, -0.1) is 0 Å². The fourth-order valence-corrected chi connectivity index (χ4v) is 5.17. The van der Waals surface area contributed by atoms with Gasteiger partial charge in [-0.3, -0.25) is 4.90 Å². The third-order valence-electron chi connectivity index (χ3n) is 7.41. The minimum Gasteiger partial charge on any atom is -0.385 e. The standard InChI is InChI=1S/C27H32FN3O2/c1-5-27(32)8-9-33-16-18-13-31-15-21-20(14-30(6-2)7-3)19-10-17(4)23(28)12-24(19)29-26(21)25(31)11-22(18)27/h10-13,15,32H,5-9,14,16H2,1-4H3. The topological polar surface area (TPSA) is 50.0 Å². The second-order valence-electron chi connectivity index (χ2n) is 9.25. The summed E-state index contributed by atoms with van der Waals surface area (Å²) in [5, 5.41) is 13.5. The minimum absolute atomic E-state index is 0.238. The molecule has 1 aliphatic heterocycles. The van der Waals surface area contributed by atoms with Crippen LogP contribution in [-0.2, 0) is 23.5 Å². The highest BCUT2D eigenvalue weighted by atomic mass is 19.1. The average molecular weight is 450 g/mol. The Morgan fingerprint density at radius 3 is 2.67 bits per heavy atom. The van der Waals surface area contributed by atoms with Crippen LogP contribution in [0.4, 0.5) is 4.39 Å². The third kappa shape index (κ3) is 3.61. The molecule has 6 heteroatoms. The van der Waals surface area contributed by atoms with Crippen LogP contribution in [-0.4, -0.2) is 39.1 Å². The summed E-state index contributed by atoms with van der Waals surface area (Å²) in [5.41, 5.74) is 5.24. The van der Waals surface area contributed by atoms with Gasteiger partial charge in [-0.1, -0.05) is 20.8 Å². The number of rotatable bonds is 5. The summed E-state index contributed by atoms with van der Waals surface area (Å²) >= 11 is 0. The van der Waals surface area contributed by atoms with Crippen molar-refractivity contribution in [3.8, 4) is 0 Å². The molecule has 1 N–H and O–H groups in total. The van der Waals surface area contributed by atoms with E-state index < -0.39 is 5.60 Å². The summed E-state index contributed by atoms with van der Waals surface area (Å²) in [7, 11) is 0. The van der Waals surface area contributed by atoms with Crippen molar-refractivity contribution < 1.29 is 14.2 Å². The maximum absolute atomic E-state index is 14.5. The molecule has 1 atom stereocenters. The number of ether oxygens (including phenoxy) is 1. The number of aliphatic hydroxyl groups is 1. The van der Waals surface area contributed by atoms with Gasteiger partial charge in [-0.05, 0) is 55.3 Å². The number of aromatic nitrogens is 2. The number of benzene rings is 1. The quantitative estimate of drug-likeness (QED) is 0.440. The van der Waals surface area contributed by atoms with Gasteiger partial charge in [0.1, 0.15) is 5.82 Å². The van der Waals surface area contributed by atoms with Gasteiger partial charge in [0, 0.05) is 47.8 Å². The van der Waals surface area contributed by atoms with E-state index in [0.29, 0.717) is 37.1 Å². The molecule has 174 valence electrons. The molecular formula is C27H32FN3O2. The molecule has 0 fully saturated rings. The zero-order valence-corrected chi connectivity index (χ0v) is 19.9. The van der Waals surface area contributed by atoms with Crippen LogP contribution in [0.3, 0.4) is 0 Å². The number of fused-ring (bicyclic) bond motifs is 5. The molecule has 1 aliphatic rings. The summed E-state index contributed by atoms with van der Waals surface area (Å²) < 4.78 is 22.4. The molecule has 5 rings (SSSR count). The third-order valence-corrected chi connectivity index (χ3v) is 7.41. The number of hydrogen-bond donors (Lipinski definition) is 1. The SMILES string of the molecule is CCN(CC)Cc1c2cc(C)c(F)cc2nc2c1cn1cc3c(cc21)C(O)(CC)CCOC3. The molecule has 0 radical (unpaired) electrons. The molecule has 0 amide bonds. The van der Waals surface area contributed by atoms with Crippen molar-refractivity contribution >= 4 is 27.3 Å². The van der Waals surface area contributed by atoms with E-state index in [1.165, 1.54) is 5.56 Å². The van der Waals surface area contributed by atoms with Gasteiger partial charge in [0.15, 0.2) is 0 Å². The first-order valence-corrected chi connectivity index (χ1v) is 12.0. The molecule has 1 unspecified atom stereocenters. The number of hydrogen-bond acceptors (Lipinski definition) is 4. The Bertz CT molecular complexity index is 1360. The second kappa shape index (κ2) is 8.35. The van der Waals surface area contributed by atoms with Crippen LogP contribution in [0.2, 0.25) is 0 Å². The molecule has 4 aromatic rings. The lowest BCUT2D eigenvalue weighted by atomic mass is 9.86. The summed E-state index contributed by atoms with van der Waals surface area (Å²) in [5.74, 6) is -0.238. The predicted molar refractivity (Wildman–Crippen MR) is 130 cm³/mol. The normalized spacial score (nSPS) is 19.0. The smallest absolute Gasteiger partial charge is 0.128 e. The van der Waals surface area contributed by atoms with Crippen LogP contribution >= 0.6 is 0 Å². The van der Waals surface area contributed by atoms with Gasteiger partial charge in [-0.2, -0.15) is 0 Å². The fraction of sp³-hybridized carbons (Fsp3) is 0.444. The Hall–Kier alpha value is -2.54. The van der Waals surface area contributed by atoms with Gasteiger partial charge in [0.2, 0.25) is 0 Å². The van der Waals surface area contributed by atoms with E-state index >= 15 is 0 Å². The van der Waals surface area contributed by atoms with Crippen LogP contribution in [0.25, 0.3) is 27.3 Å². The zero-order valence-electron chi connectivity index (χ0n) is 19.9.